The Hall–Kier alpha value is -0.400. The van der Waals surface area contributed by atoms with Crippen LogP contribution in [0.3, 0.4) is 0 Å². The molecule has 2 aliphatic heterocycles. The van der Waals surface area contributed by atoms with Crippen molar-refractivity contribution >= 4 is 0 Å². The van der Waals surface area contributed by atoms with Crippen LogP contribution >= 0.6 is 0 Å². The highest BCUT2D eigenvalue weighted by Crippen LogP contribution is 2.22. The van der Waals surface area contributed by atoms with Gasteiger partial charge in [0.05, 0.1) is 13.2 Å². The Kier molecular flexibility index (Phi) is 5.48. The molecule has 124 valence electrons. The molecular weight excluding hydrogens is 292 g/mol. The van der Waals surface area contributed by atoms with Crippen LogP contribution in [0.4, 0.5) is 0 Å². The van der Waals surface area contributed by atoms with E-state index >= 15 is 0 Å². The minimum atomic E-state index is -1.69. The number of aliphatic hydroxyl groups is 7. The second-order valence-corrected chi connectivity index (χ2v) is 5.12. The summed E-state index contributed by atoms with van der Waals surface area (Å²) in [5, 5.41) is 66.2. The molecule has 0 aromatic rings. The molecule has 10 nitrogen and oxygen atoms in total. The fourth-order valence-electron chi connectivity index (χ4n) is 2.18. The Bertz CT molecular complexity index is 341. The number of aliphatic hydroxyl groups excluding tert-OH is 7. The third-order valence-electron chi connectivity index (χ3n) is 3.57. The molecule has 0 aromatic heterocycles. The summed E-state index contributed by atoms with van der Waals surface area (Å²) in [6, 6.07) is 0. The molecule has 2 saturated heterocycles. The minimum absolute atomic E-state index is 0.249. The first-order valence-corrected chi connectivity index (χ1v) is 6.48. The van der Waals surface area contributed by atoms with Gasteiger partial charge in [0.2, 0.25) is 0 Å². The summed E-state index contributed by atoms with van der Waals surface area (Å²) in [7, 11) is 0. The average molecular weight is 312 g/mol. The van der Waals surface area contributed by atoms with E-state index in [9.17, 15) is 35.7 Å². The van der Waals surface area contributed by atoms with Gasteiger partial charge in [-0.25, -0.2) is 0 Å². The molecule has 2 rings (SSSR count). The summed E-state index contributed by atoms with van der Waals surface area (Å²) in [5.41, 5.74) is 0. The maximum atomic E-state index is 9.70. The molecule has 10 heteroatoms. The summed E-state index contributed by atoms with van der Waals surface area (Å²) in [4.78, 5) is 0. The van der Waals surface area contributed by atoms with Crippen molar-refractivity contribution in [2.45, 2.75) is 55.3 Å². The molecule has 7 N–H and O–H groups in total. The third-order valence-corrected chi connectivity index (χ3v) is 3.57. The predicted molar refractivity (Wildman–Crippen MR) is 62.6 cm³/mol. The van der Waals surface area contributed by atoms with Crippen LogP contribution in [0, 0.1) is 0 Å². The highest BCUT2D eigenvalue weighted by atomic mass is 16.7. The van der Waals surface area contributed by atoms with Crippen LogP contribution in [0.25, 0.3) is 0 Å². The van der Waals surface area contributed by atoms with Crippen molar-refractivity contribution in [3.8, 4) is 0 Å². The summed E-state index contributed by atoms with van der Waals surface area (Å²) >= 11 is 0. The second kappa shape index (κ2) is 6.79. The lowest BCUT2D eigenvalue weighted by Gasteiger charge is -2.40. The van der Waals surface area contributed by atoms with Gasteiger partial charge in [0.25, 0.3) is 0 Å². The molecule has 0 aliphatic carbocycles. The van der Waals surface area contributed by atoms with Gasteiger partial charge >= 0.3 is 0 Å². The van der Waals surface area contributed by atoms with Gasteiger partial charge in [0.1, 0.15) is 42.7 Å². The number of hydrogen-bond donors (Lipinski definition) is 7. The molecule has 2 fully saturated rings. The van der Waals surface area contributed by atoms with Gasteiger partial charge in [-0.05, 0) is 0 Å². The molecule has 0 bridgehead atoms. The topological polar surface area (TPSA) is 169 Å². The maximum absolute atomic E-state index is 9.70. The quantitative estimate of drug-likeness (QED) is 0.268. The van der Waals surface area contributed by atoms with Crippen molar-refractivity contribution in [2.24, 2.45) is 0 Å². The third kappa shape index (κ3) is 3.51. The zero-order valence-corrected chi connectivity index (χ0v) is 11.0. The van der Waals surface area contributed by atoms with Gasteiger partial charge in [0, 0.05) is 0 Å². The van der Waals surface area contributed by atoms with Crippen LogP contribution in [-0.4, -0.2) is 104 Å². The van der Waals surface area contributed by atoms with E-state index in [0.29, 0.717) is 0 Å². The summed E-state index contributed by atoms with van der Waals surface area (Å²) in [5.74, 6) is 0. The molecule has 2 aliphatic rings. The molecule has 0 saturated carbocycles. The van der Waals surface area contributed by atoms with Crippen molar-refractivity contribution in [3.63, 3.8) is 0 Å². The Morgan fingerprint density at radius 3 is 2.14 bits per heavy atom. The monoisotopic (exact) mass is 312 g/mol. The highest BCUT2D eigenvalue weighted by Gasteiger charge is 2.44. The smallest absolute Gasteiger partial charge is 0.186 e. The standard InChI is InChI=1S/C11H20O10/c12-3-1-19-11(9(17)5(3)13)20-2-4-6(14)7(15)8(16)10(18)21-4/h3-18H,1-2H2/t3-,4-,5+,6-,7+,8+,9-,10?,11+/m1/s1. The zero-order chi connectivity index (χ0) is 15.7. The number of rotatable bonds is 3. The average Bonchev–Trinajstić information content (AvgIpc) is 2.46. The first-order chi connectivity index (χ1) is 9.82. The predicted octanol–water partition coefficient (Wildman–Crippen LogP) is -4.76. The van der Waals surface area contributed by atoms with E-state index in [-0.39, 0.29) is 13.2 Å². The van der Waals surface area contributed by atoms with Crippen LogP contribution in [0.2, 0.25) is 0 Å². The van der Waals surface area contributed by atoms with Crippen LogP contribution < -0.4 is 0 Å². The van der Waals surface area contributed by atoms with Gasteiger partial charge in [-0.3, -0.25) is 0 Å². The van der Waals surface area contributed by atoms with Gasteiger partial charge in [0.15, 0.2) is 12.6 Å². The van der Waals surface area contributed by atoms with Crippen LogP contribution in [0.5, 0.6) is 0 Å². The molecule has 2 heterocycles. The summed E-state index contributed by atoms with van der Waals surface area (Å²) < 4.78 is 15.0. The van der Waals surface area contributed by atoms with Crippen molar-refractivity contribution in [1.29, 1.82) is 0 Å². The van der Waals surface area contributed by atoms with Crippen LogP contribution in [0.15, 0.2) is 0 Å². The van der Waals surface area contributed by atoms with Crippen LogP contribution in [-0.2, 0) is 14.2 Å². The number of ether oxygens (including phenoxy) is 3. The van der Waals surface area contributed by atoms with E-state index in [1.54, 1.807) is 0 Å². The summed E-state index contributed by atoms with van der Waals surface area (Å²) in [6.07, 6.45) is -13.1. The minimum Gasteiger partial charge on any atom is -0.388 e. The fourth-order valence-corrected chi connectivity index (χ4v) is 2.18. The lowest BCUT2D eigenvalue weighted by molar-refractivity contribution is -0.312. The molecule has 1 unspecified atom stereocenters. The molecular formula is C11H20O10. The maximum Gasteiger partial charge on any atom is 0.186 e. The molecule has 0 spiro atoms. The molecule has 0 aromatic carbocycles. The lowest BCUT2D eigenvalue weighted by atomic mass is 9.99. The van der Waals surface area contributed by atoms with E-state index in [1.165, 1.54) is 0 Å². The van der Waals surface area contributed by atoms with Crippen molar-refractivity contribution < 1.29 is 50.0 Å². The van der Waals surface area contributed by atoms with Crippen molar-refractivity contribution in [2.75, 3.05) is 13.2 Å². The first-order valence-electron chi connectivity index (χ1n) is 6.48. The second-order valence-electron chi connectivity index (χ2n) is 5.12. The van der Waals surface area contributed by atoms with Gasteiger partial charge in [-0.15, -0.1) is 0 Å². The zero-order valence-electron chi connectivity index (χ0n) is 11.0. The van der Waals surface area contributed by atoms with E-state index in [4.69, 9.17) is 14.2 Å². The Labute approximate surface area is 119 Å². The van der Waals surface area contributed by atoms with Gasteiger partial charge in [-0.1, -0.05) is 0 Å². The Morgan fingerprint density at radius 2 is 1.48 bits per heavy atom. The van der Waals surface area contributed by atoms with E-state index < -0.39 is 55.3 Å². The first kappa shape index (κ1) is 17.0. The van der Waals surface area contributed by atoms with E-state index in [0.717, 1.165) is 0 Å². The SMILES string of the molecule is OC1O[C@H](CO[C@@H]2OC[C@@H](O)[C@H](O)[C@H]2O)[C@@H](O)[C@H](O)[C@@H]1O. The fraction of sp³-hybridized carbons (Fsp3) is 1.00. The van der Waals surface area contributed by atoms with Gasteiger partial charge in [-0.2, -0.15) is 0 Å². The molecule has 0 amide bonds. The van der Waals surface area contributed by atoms with E-state index in [1.807, 2.05) is 0 Å². The highest BCUT2D eigenvalue weighted by molar-refractivity contribution is 4.89. The molecule has 21 heavy (non-hydrogen) atoms. The van der Waals surface area contributed by atoms with Gasteiger partial charge < -0.3 is 50.0 Å². The van der Waals surface area contributed by atoms with Crippen LogP contribution in [0.1, 0.15) is 0 Å². The Balaban J connectivity index is 1.88. The lowest BCUT2D eigenvalue weighted by Crippen LogP contribution is -2.59. The van der Waals surface area contributed by atoms with E-state index in [2.05, 4.69) is 0 Å². The number of hydrogen-bond acceptors (Lipinski definition) is 10. The van der Waals surface area contributed by atoms with Crippen molar-refractivity contribution in [3.05, 3.63) is 0 Å². The van der Waals surface area contributed by atoms with Crippen molar-refractivity contribution in [1.82, 2.24) is 0 Å². The normalized spacial score (nSPS) is 51.9. The Morgan fingerprint density at radius 1 is 0.810 bits per heavy atom. The molecule has 0 radical (unpaired) electrons. The summed E-state index contributed by atoms with van der Waals surface area (Å²) in [6.45, 7) is -0.631. The largest absolute Gasteiger partial charge is 0.388 e. The molecule has 9 atom stereocenters.